The molecule has 0 saturated carbocycles. The van der Waals surface area contributed by atoms with Crippen LogP contribution in [0.4, 0.5) is 5.69 Å². The third-order valence-corrected chi connectivity index (χ3v) is 6.99. The van der Waals surface area contributed by atoms with Crippen molar-refractivity contribution in [1.82, 2.24) is 19.5 Å². The minimum Gasteiger partial charge on any atom is -0.471 e. The molecule has 0 aliphatic carbocycles. The molecule has 0 atom stereocenters. The van der Waals surface area contributed by atoms with E-state index >= 15 is 0 Å². The van der Waals surface area contributed by atoms with Gasteiger partial charge in [-0.2, -0.15) is 0 Å². The van der Waals surface area contributed by atoms with Gasteiger partial charge >= 0.3 is 0 Å². The van der Waals surface area contributed by atoms with Gasteiger partial charge in [0, 0.05) is 60.1 Å². The molecule has 0 aliphatic heterocycles. The molecule has 0 saturated heterocycles. The van der Waals surface area contributed by atoms with Crippen LogP contribution in [-0.2, 0) is 13.2 Å². The van der Waals surface area contributed by atoms with Gasteiger partial charge in [0.15, 0.2) is 11.3 Å². The highest BCUT2D eigenvalue weighted by Crippen LogP contribution is 2.30. The number of aromatic nitrogens is 4. The second-order valence-corrected chi connectivity index (χ2v) is 9.24. The summed E-state index contributed by atoms with van der Waals surface area (Å²) in [6.45, 7) is 11.8. The van der Waals surface area contributed by atoms with Crippen molar-refractivity contribution < 1.29 is 4.74 Å². The van der Waals surface area contributed by atoms with Gasteiger partial charge in [-0.25, -0.2) is 15.0 Å². The number of benzene rings is 2. The van der Waals surface area contributed by atoms with Gasteiger partial charge in [-0.05, 0) is 75.6 Å². The second-order valence-electron chi connectivity index (χ2n) is 9.24. The lowest BCUT2D eigenvalue weighted by molar-refractivity contribution is 0.292. The highest BCUT2D eigenvalue weighted by molar-refractivity contribution is 5.71. The van der Waals surface area contributed by atoms with Gasteiger partial charge in [-0.1, -0.05) is 36.3 Å². The maximum Gasteiger partial charge on any atom is 0.250 e. The minimum absolute atomic E-state index is 0.358. The third kappa shape index (κ3) is 5.63. The summed E-state index contributed by atoms with van der Waals surface area (Å²) in [5.74, 6) is 6.86. The van der Waals surface area contributed by atoms with Crippen molar-refractivity contribution >= 4 is 16.9 Å². The van der Waals surface area contributed by atoms with Crippen LogP contribution in [0.3, 0.4) is 0 Å². The molecule has 2 aromatic carbocycles. The van der Waals surface area contributed by atoms with E-state index in [2.05, 4.69) is 96.6 Å². The largest absolute Gasteiger partial charge is 0.471 e. The van der Waals surface area contributed by atoms with Crippen LogP contribution in [0.25, 0.3) is 22.3 Å². The number of ether oxygens (including phenoxy) is 1. The molecule has 3 aromatic heterocycles. The van der Waals surface area contributed by atoms with Gasteiger partial charge in [0.2, 0.25) is 5.88 Å². The zero-order valence-corrected chi connectivity index (χ0v) is 23.0. The first-order chi connectivity index (χ1) is 19.1. The van der Waals surface area contributed by atoms with Gasteiger partial charge in [-0.15, -0.1) is 0 Å². The van der Waals surface area contributed by atoms with E-state index in [1.807, 2.05) is 30.3 Å². The summed E-state index contributed by atoms with van der Waals surface area (Å²) in [5, 5.41) is 0. The maximum atomic E-state index is 6.38. The number of hydrogen-bond acceptors (Lipinski definition) is 5. The molecule has 5 aromatic rings. The standard InChI is InChI=1S/C33H33N5O/c1-5-37(6-2)27-18-15-25(16-19-27)17-20-31-33(36-30-14-11-21-34-32(30)35-31)39-23-29-24(4)38(7-3)22-28(29)26-12-9-8-10-13-26/h8-16,18-19,21-22H,5-7,23H2,1-4H3. The molecular formula is C33H33N5O. The Balaban J connectivity index is 1.48. The summed E-state index contributed by atoms with van der Waals surface area (Å²) in [6, 6.07) is 22.4. The van der Waals surface area contributed by atoms with E-state index < -0.39 is 0 Å². The van der Waals surface area contributed by atoms with Crippen molar-refractivity contribution in [2.75, 3.05) is 18.0 Å². The lowest BCUT2D eigenvalue weighted by atomic mass is 10.0. The number of aryl methyl sites for hydroxylation is 1. The van der Waals surface area contributed by atoms with Crippen LogP contribution in [0.1, 0.15) is 43.3 Å². The highest BCUT2D eigenvalue weighted by atomic mass is 16.5. The molecule has 3 heterocycles. The average molecular weight is 516 g/mol. The van der Waals surface area contributed by atoms with E-state index in [1.54, 1.807) is 6.20 Å². The van der Waals surface area contributed by atoms with E-state index in [9.17, 15) is 0 Å². The van der Waals surface area contributed by atoms with Crippen LogP contribution in [0.15, 0.2) is 79.1 Å². The van der Waals surface area contributed by atoms with Crippen molar-refractivity contribution in [3.63, 3.8) is 0 Å². The Kier molecular flexibility index (Phi) is 7.88. The van der Waals surface area contributed by atoms with Gasteiger partial charge in [0.1, 0.15) is 12.1 Å². The lowest BCUT2D eigenvalue weighted by Crippen LogP contribution is -2.21. The molecule has 0 spiro atoms. The zero-order chi connectivity index (χ0) is 27.2. The molecule has 6 heteroatoms. The number of pyridine rings is 1. The first-order valence-corrected chi connectivity index (χ1v) is 13.5. The van der Waals surface area contributed by atoms with E-state index in [4.69, 9.17) is 14.7 Å². The van der Waals surface area contributed by atoms with E-state index in [-0.39, 0.29) is 0 Å². The van der Waals surface area contributed by atoms with Crippen LogP contribution in [0.2, 0.25) is 0 Å². The summed E-state index contributed by atoms with van der Waals surface area (Å²) in [4.78, 5) is 16.2. The number of hydrogen-bond donors (Lipinski definition) is 0. The summed E-state index contributed by atoms with van der Waals surface area (Å²) in [7, 11) is 0. The molecule has 0 aliphatic rings. The molecule has 5 rings (SSSR count). The molecule has 0 fully saturated rings. The summed E-state index contributed by atoms with van der Waals surface area (Å²) in [5.41, 5.74) is 8.41. The Morgan fingerprint density at radius 2 is 1.64 bits per heavy atom. The molecule has 6 nitrogen and oxygen atoms in total. The topological polar surface area (TPSA) is 56.1 Å². The monoisotopic (exact) mass is 515 g/mol. The van der Waals surface area contributed by atoms with Crippen LogP contribution in [0, 0.1) is 18.8 Å². The molecular weight excluding hydrogens is 482 g/mol. The number of nitrogens with zero attached hydrogens (tertiary/aromatic N) is 5. The number of rotatable bonds is 8. The van der Waals surface area contributed by atoms with Crippen molar-refractivity contribution in [3.05, 3.63) is 102 Å². The SMILES string of the molecule is CCN(CC)c1ccc(C#Cc2nc3ncccc3nc2OCc2c(-c3ccccc3)cn(CC)c2C)cc1. The van der Waals surface area contributed by atoms with E-state index in [0.29, 0.717) is 29.3 Å². The summed E-state index contributed by atoms with van der Waals surface area (Å²) in [6.07, 6.45) is 3.91. The van der Waals surface area contributed by atoms with Crippen molar-refractivity contribution in [2.45, 2.75) is 40.8 Å². The Morgan fingerprint density at radius 1 is 0.872 bits per heavy atom. The van der Waals surface area contributed by atoms with Crippen molar-refractivity contribution in [2.24, 2.45) is 0 Å². The third-order valence-electron chi connectivity index (χ3n) is 6.99. The van der Waals surface area contributed by atoms with Crippen LogP contribution >= 0.6 is 0 Å². The fourth-order valence-electron chi connectivity index (χ4n) is 4.75. The van der Waals surface area contributed by atoms with Gasteiger partial charge in [0.25, 0.3) is 0 Å². The van der Waals surface area contributed by atoms with Crippen molar-refractivity contribution in [3.8, 4) is 28.8 Å². The Hall–Kier alpha value is -4.63. The van der Waals surface area contributed by atoms with Crippen molar-refractivity contribution in [1.29, 1.82) is 0 Å². The molecule has 0 radical (unpaired) electrons. The van der Waals surface area contributed by atoms with Gasteiger partial charge < -0.3 is 14.2 Å². The van der Waals surface area contributed by atoms with E-state index in [1.165, 1.54) is 11.4 Å². The minimum atomic E-state index is 0.358. The summed E-state index contributed by atoms with van der Waals surface area (Å²) < 4.78 is 8.63. The van der Waals surface area contributed by atoms with E-state index in [0.717, 1.165) is 41.9 Å². The quantitative estimate of drug-likeness (QED) is 0.217. The van der Waals surface area contributed by atoms with Gasteiger partial charge in [-0.3, -0.25) is 0 Å². The van der Waals surface area contributed by atoms with Crippen LogP contribution in [0.5, 0.6) is 5.88 Å². The lowest BCUT2D eigenvalue weighted by Gasteiger charge is -2.20. The fourth-order valence-corrected chi connectivity index (χ4v) is 4.75. The maximum absolute atomic E-state index is 6.38. The summed E-state index contributed by atoms with van der Waals surface area (Å²) >= 11 is 0. The fraction of sp³-hybridized carbons (Fsp3) is 0.242. The Morgan fingerprint density at radius 3 is 2.36 bits per heavy atom. The van der Waals surface area contributed by atoms with Crippen LogP contribution in [-0.4, -0.2) is 32.6 Å². The molecule has 0 amide bonds. The predicted molar refractivity (Wildman–Crippen MR) is 158 cm³/mol. The Bertz CT molecular complexity index is 1620. The molecule has 39 heavy (non-hydrogen) atoms. The average Bonchev–Trinajstić information content (AvgIpc) is 3.31. The first-order valence-electron chi connectivity index (χ1n) is 13.5. The number of anilines is 1. The normalized spacial score (nSPS) is 10.8. The molecule has 196 valence electrons. The first kappa shape index (κ1) is 26.0. The predicted octanol–water partition coefficient (Wildman–Crippen LogP) is 6.65. The zero-order valence-electron chi connectivity index (χ0n) is 23.0. The second kappa shape index (κ2) is 11.8. The molecule has 0 N–H and O–H groups in total. The smallest absolute Gasteiger partial charge is 0.250 e. The molecule has 0 unspecified atom stereocenters. The molecule has 0 bridgehead atoms. The highest BCUT2D eigenvalue weighted by Gasteiger charge is 2.16. The van der Waals surface area contributed by atoms with Gasteiger partial charge in [0.05, 0.1) is 0 Å². The Labute approximate surface area is 230 Å². The van der Waals surface area contributed by atoms with Crippen LogP contribution < -0.4 is 9.64 Å². The number of fused-ring (bicyclic) bond motifs is 1.